The molecule has 0 saturated carbocycles. The zero-order valence-corrected chi connectivity index (χ0v) is 19.4. The van der Waals surface area contributed by atoms with Crippen LogP contribution in [0.15, 0.2) is 40.6 Å². The average Bonchev–Trinajstić information content (AvgIpc) is 2.66. The second kappa shape index (κ2) is 8.73. The summed E-state index contributed by atoms with van der Waals surface area (Å²) < 4.78 is 22.2. The van der Waals surface area contributed by atoms with E-state index in [0.717, 1.165) is 0 Å². The van der Waals surface area contributed by atoms with Crippen LogP contribution < -0.4 is 18.6 Å². The van der Waals surface area contributed by atoms with Gasteiger partial charge in [-0.2, -0.15) is 10.2 Å². The van der Waals surface area contributed by atoms with Crippen LogP contribution in [0, 0.1) is 0 Å². The smallest absolute Gasteiger partial charge is 0.250 e. The molecule has 2 rings (SSSR count). The predicted octanol–water partition coefficient (Wildman–Crippen LogP) is 6.22. The molecule has 2 aromatic carbocycles. The molecular formula is C21H30N2O5Si. The van der Waals surface area contributed by atoms with E-state index in [1.807, 2.05) is 0 Å². The van der Waals surface area contributed by atoms with Crippen molar-refractivity contribution in [1.29, 1.82) is 0 Å². The van der Waals surface area contributed by atoms with E-state index in [1.165, 1.54) is 0 Å². The average molecular weight is 419 g/mol. The van der Waals surface area contributed by atoms with Crippen LogP contribution in [0.1, 0.15) is 20.8 Å². The lowest BCUT2D eigenvalue weighted by Gasteiger charge is -2.36. The molecule has 0 aliphatic carbocycles. The molecule has 0 aliphatic rings. The van der Waals surface area contributed by atoms with Crippen LogP contribution in [0.2, 0.25) is 18.1 Å². The highest BCUT2D eigenvalue weighted by Crippen LogP contribution is 2.42. The SMILES string of the molecule is COc1cc(N=Nc2ccc(O)c(O[Si](C)(C)C(C)(C)C)c2)cc(OC)c1OC. The van der Waals surface area contributed by atoms with Crippen molar-refractivity contribution in [3.05, 3.63) is 30.3 Å². The maximum Gasteiger partial charge on any atom is 0.250 e. The van der Waals surface area contributed by atoms with E-state index in [9.17, 15) is 5.11 Å². The molecule has 0 amide bonds. The molecule has 0 saturated heterocycles. The summed E-state index contributed by atoms with van der Waals surface area (Å²) in [5.74, 6) is 1.98. The molecular weight excluding hydrogens is 388 g/mol. The first-order valence-electron chi connectivity index (χ1n) is 9.26. The molecule has 0 unspecified atom stereocenters. The van der Waals surface area contributed by atoms with Gasteiger partial charge < -0.3 is 23.7 Å². The Balaban J connectivity index is 2.35. The highest BCUT2D eigenvalue weighted by Gasteiger charge is 2.39. The van der Waals surface area contributed by atoms with Crippen molar-refractivity contribution in [2.45, 2.75) is 38.9 Å². The molecule has 1 N–H and O–H groups in total. The Hall–Kier alpha value is -2.74. The summed E-state index contributed by atoms with van der Waals surface area (Å²) in [6.45, 7) is 10.7. The first-order valence-corrected chi connectivity index (χ1v) is 12.2. The molecule has 8 heteroatoms. The highest BCUT2D eigenvalue weighted by molar-refractivity contribution is 6.74. The third kappa shape index (κ3) is 5.20. The first-order chi connectivity index (χ1) is 13.5. The van der Waals surface area contributed by atoms with Crippen molar-refractivity contribution < 1.29 is 23.7 Å². The maximum atomic E-state index is 10.2. The largest absolute Gasteiger partial charge is 0.541 e. The summed E-state index contributed by atoms with van der Waals surface area (Å²) in [6, 6.07) is 8.34. The molecule has 0 bridgehead atoms. The molecule has 2 aromatic rings. The Kier molecular flexibility index (Phi) is 6.79. The van der Waals surface area contributed by atoms with Gasteiger partial charge in [0.15, 0.2) is 17.2 Å². The van der Waals surface area contributed by atoms with Crippen LogP contribution in [0.25, 0.3) is 0 Å². The number of phenolic OH excluding ortho intramolecular Hbond substituents is 1. The Morgan fingerprint density at radius 3 is 1.79 bits per heavy atom. The lowest BCUT2D eigenvalue weighted by atomic mass is 10.2. The molecule has 0 atom stereocenters. The van der Waals surface area contributed by atoms with Gasteiger partial charge in [0.1, 0.15) is 5.75 Å². The van der Waals surface area contributed by atoms with Gasteiger partial charge in [0.05, 0.1) is 32.7 Å². The number of hydrogen-bond donors (Lipinski definition) is 1. The number of ether oxygens (including phenoxy) is 3. The van der Waals surface area contributed by atoms with Gasteiger partial charge in [-0.25, -0.2) is 0 Å². The highest BCUT2D eigenvalue weighted by atomic mass is 28.4. The monoisotopic (exact) mass is 418 g/mol. The molecule has 0 aromatic heterocycles. The molecule has 0 aliphatic heterocycles. The van der Waals surface area contributed by atoms with Crippen molar-refractivity contribution in [1.82, 2.24) is 0 Å². The van der Waals surface area contributed by atoms with E-state index in [4.69, 9.17) is 18.6 Å². The fraction of sp³-hybridized carbons (Fsp3) is 0.429. The van der Waals surface area contributed by atoms with Gasteiger partial charge in [-0.3, -0.25) is 0 Å². The minimum absolute atomic E-state index is 0.00711. The molecule has 0 heterocycles. The van der Waals surface area contributed by atoms with E-state index in [0.29, 0.717) is 34.4 Å². The van der Waals surface area contributed by atoms with Gasteiger partial charge >= 0.3 is 0 Å². The van der Waals surface area contributed by atoms with E-state index >= 15 is 0 Å². The summed E-state index contributed by atoms with van der Waals surface area (Å²) in [5, 5.41) is 18.8. The number of benzene rings is 2. The van der Waals surface area contributed by atoms with Gasteiger partial charge in [-0.05, 0) is 30.3 Å². The Morgan fingerprint density at radius 2 is 1.31 bits per heavy atom. The van der Waals surface area contributed by atoms with Crippen LogP contribution in [-0.4, -0.2) is 34.8 Å². The topological polar surface area (TPSA) is 81.9 Å². The predicted molar refractivity (Wildman–Crippen MR) is 116 cm³/mol. The Bertz CT molecular complexity index is 866. The van der Waals surface area contributed by atoms with Crippen LogP contribution in [0.3, 0.4) is 0 Å². The lowest BCUT2D eigenvalue weighted by molar-refractivity contribution is 0.324. The summed E-state index contributed by atoms with van der Waals surface area (Å²) >= 11 is 0. The van der Waals surface area contributed by atoms with Gasteiger partial charge in [-0.15, -0.1) is 0 Å². The van der Waals surface area contributed by atoms with Crippen molar-refractivity contribution in [3.8, 4) is 28.7 Å². The quantitative estimate of drug-likeness (QED) is 0.426. The maximum absolute atomic E-state index is 10.2. The normalized spacial score (nSPS) is 12.1. The fourth-order valence-corrected chi connectivity index (χ4v) is 3.33. The number of phenols is 1. The van der Waals surface area contributed by atoms with Crippen molar-refractivity contribution in [2.75, 3.05) is 21.3 Å². The summed E-state index contributed by atoms with van der Waals surface area (Å²) in [7, 11) is 2.53. The van der Waals surface area contributed by atoms with Gasteiger partial charge in [0.25, 0.3) is 8.32 Å². The van der Waals surface area contributed by atoms with Crippen LogP contribution >= 0.6 is 0 Å². The van der Waals surface area contributed by atoms with Crippen LogP contribution in [0.4, 0.5) is 11.4 Å². The van der Waals surface area contributed by atoms with E-state index in [1.54, 1.807) is 51.7 Å². The first kappa shape index (κ1) is 22.5. The third-order valence-corrected chi connectivity index (χ3v) is 9.39. The minimum atomic E-state index is -2.10. The Labute approximate surface area is 173 Å². The molecule has 158 valence electrons. The van der Waals surface area contributed by atoms with E-state index < -0.39 is 8.32 Å². The number of nitrogens with zero attached hydrogens (tertiary/aromatic N) is 2. The Morgan fingerprint density at radius 1 is 0.793 bits per heavy atom. The van der Waals surface area contributed by atoms with Crippen LogP contribution in [-0.2, 0) is 0 Å². The third-order valence-electron chi connectivity index (χ3n) is 5.05. The number of azo groups is 1. The van der Waals surface area contributed by atoms with E-state index in [2.05, 4.69) is 44.1 Å². The van der Waals surface area contributed by atoms with Crippen LogP contribution in [0.5, 0.6) is 28.7 Å². The summed E-state index contributed by atoms with van der Waals surface area (Å²) in [5.41, 5.74) is 1.10. The standard InChI is InChI=1S/C21H30N2O5Si/c1-21(2,3)29(7,8)28-17-11-14(9-10-16(17)24)22-23-15-12-18(25-4)20(27-6)19(13-15)26-5/h9-13,24H,1-8H3. The van der Waals surface area contributed by atoms with Crippen molar-refractivity contribution in [3.63, 3.8) is 0 Å². The van der Waals surface area contributed by atoms with Crippen molar-refractivity contribution in [2.24, 2.45) is 10.2 Å². The number of rotatable bonds is 7. The molecule has 0 fully saturated rings. The van der Waals surface area contributed by atoms with Gasteiger partial charge in [-0.1, -0.05) is 20.8 Å². The van der Waals surface area contributed by atoms with Crippen molar-refractivity contribution >= 4 is 19.7 Å². The van der Waals surface area contributed by atoms with Gasteiger partial charge in [0, 0.05) is 18.2 Å². The van der Waals surface area contributed by atoms with Gasteiger partial charge in [0.2, 0.25) is 5.75 Å². The summed E-state index contributed by atoms with van der Waals surface area (Å²) in [4.78, 5) is 0. The lowest BCUT2D eigenvalue weighted by Crippen LogP contribution is -2.43. The molecule has 7 nitrogen and oxygen atoms in total. The van der Waals surface area contributed by atoms with E-state index in [-0.39, 0.29) is 10.8 Å². The summed E-state index contributed by atoms with van der Waals surface area (Å²) in [6.07, 6.45) is 0. The molecule has 0 radical (unpaired) electrons. The molecule has 29 heavy (non-hydrogen) atoms. The fourth-order valence-electron chi connectivity index (χ4n) is 2.32. The second-order valence-electron chi connectivity index (χ2n) is 8.10. The minimum Gasteiger partial charge on any atom is -0.541 e. The number of aromatic hydroxyl groups is 1. The second-order valence-corrected chi connectivity index (χ2v) is 12.8. The number of hydrogen-bond acceptors (Lipinski definition) is 7. The number of methoxy groups -OCH3 is 3. The zero-order valence-electron chi connectivity index (χ0n) is 18.4. The molecule has 0 spiro atoms. The zero-order chi connectivity index (χ0) is 21.8.